The molecule has 3 aromatic rings. The van der Waals surface area contributed by atoms with E-state index in [1.54, 1.807) is 0 Å². The minimum Gasteiger partial charge on any atom is -0.360 e. The molecule has 2 aliphatic rings. The lowest BCUT2D eigenvalue weighted by molar-refractivity contribution is 0.0748. The molecule has 1 atom stereocenters. The van der Waals surface area contributed by atoms with E-state index < -0.39 is 0 Å². The first kappa shape index (κ1) is 18.9. The summed E-state index contributed by atoms with van der Waals surface area (Å²) in [5, 5.41) is 9.99. The first-order valence-corrected chi connectivity index (χ1v) is 10.9. The number of hydrogen-bond donors (Lipinski definition) is 1. The van der Waals surface area contributed by atoms with E-state index in [4.69, 9.17) is 0 Å². The molecule has 7 nitrogen and oxygen atoms in total. The predicted octanol–water partition coefficient (Wildman–Crippen LogP) is 3.30. The summed E-state index contributed by atoms with van der Waals surface area (Å²) < 4.78 is 0. The van der Waals surface area contributed by atoms with Crippen molar-refractivity contribution in [3.8, 4) is 0 Å². The van der Waals surface area contributed by atoms with Gasteiger partial charge in [0, 0.05) is 55.9 Å². The number of benzene rings is 1. The van der Waals surface area contributed by atoms with Gasteiger partial charge in [-0.2, -0.15) is 0 Å². The number of carbonyl (C=O) groups excluding carboxylic acids is 1. The summed E-state index contributed by atoms with van der Waals surface area (Å²) in [6.07, 6.45) is 5.56. The van der Waals surface area contributed by atoms with Gasteiger partial charge in [-0.15, -0.1) is 10.2 Å². The van der Waals surface area contributed by atoms with Crippen LogP contribution in [0.2, 0.25) is 0 Å². The lowest BCUT2D eigenvalue weighted by Crippen LogP contribution is -2.49. The third-order valence-electron chi connectivity index (χ3n) is 6.44. The van der Waals surface area contributed by atoms with Gasteiger partial charge in [0.15, 0.2) is 11.6 Å². The van der Waals surface area contributed by atoms with Gasteiger partial charge < -0.3 is 19.7 Å². The maximum Gasteiger partial charge on any atom is 0.256 e. The van der Waals surface area contributed by atoms with Crippen molar-refractivity contribution in [3.63, 3.8) is 0 Å². The molecule has 2 fully saturated rings. The minimum atomic E-state index is 0.0904. The van der Waals surface area contributed by atoms with Crippen molar-refractivity contribution in [3.05, 3.63) is 48.2 Å². The fraction of sp³-hybridized carbons (Fsp3) is 0.435. The number of carbonyl (C=O) groups is 1. The van der Waals surface area contributed by atoms with Gasteiger partial charge in [0.25, 0.3) is 5.91 Å². The molecule has 2 aliphatic heterocycles. The highest BCUT2D eigenvalue weighted by Crippen LogP contribution is 2.24. The molecule has 30 heavy (non-hydrogen) atoms. The maximum absolute atomic E-state index is 13.0. The Kier molecular flexibility index (Phi) is 5.02. The predicted molar refractivity (Wildman–Crippen MR) is 119 cm³/mol. The Balaban J connectivity index is 1.23. The Hall–Kier alpha value is -3.09. The van der Waals surface area contributed by atoms with Crippen LogP contribution in [-0.2, 0) is 0 Å². The number of H-pyrrole nitrogens is 1. The SMILES string of the molecule is C[C@H]1CCCCN1c1ccc(N2CCN(C(=O)c3c[nH]c4ccccc34)CC2)nn1. The van der Waals surface area contributed by atoms with Gasteiger partial charge in [0.1, 0.15) is 0 Å². The number of nitrogens with zero attached hydrogens (tertiary/aromatic N) is 5. The number of aromatic amines is 1. The third kappa shape index (κ3) is 3.49. The summed E-state index contributed by atoms with van der Waals surface area (Å²) in [6.45, 7) is 6.23. The van der Waals surface area contributed by atoms with Crippen LogP contribution in [0.1, 0.15) is 36.5 Å². The number of amides is 1. The quantitative estimate of drug-likeness (QED) is 0.725. The number of para-hydroxylation sites is 1. The topological polar surface area (TPSA) is 68.4 Å². The Labute approximate surface area is 176 Å². The number of nitrogens with one attached hydrogen (secondary N) is 1. The highest BCUT2D eigenvalue weighted by Gasteiger charge is 2.25. The van der Waals surface area contributed by atoms with Gasteiger partial charge in [-0.25, -0.2) is 0 Å². The smallest absolute Gasteiger partial charge is 0.256 e. The molecule has 156 valence electrons. The zero-order valence-corrected chi connectivity index (χ0v) is 17.4. The number of rotatable bonds is 3. The molecular weight excluding hydrogens is 376 g/mol. The summed E-state index contributed by atoms with van der Waals surface area (Å²) in [5.74, 6) is 1.95. The molecule has 7 heteroatoms. The number of piperazine rings is 1. The van der Waals surface area contributed by atoms with Crippen molar-refractivity contribution in [2.45, 2.75) is 32.2 Å². The van der Waals surface area contributed by atoms with Gasteiger partial charge >= 0.3 is 0 Å². The molecule has 0 spiro atoms. The minimum absolute atomic E-state index is 0.0904. The van der Waals surface area contributed by atoms with Crippen LogP contribution in [0.15, 0.2) is 42.6 Å². The Morgan fingerprint density at radius 3 is 2.50 bits per heavy atom. The molecule has 1 N–H and O–H groups in total. The average Bonchev–Trinajstić information content (AvgIpc) is 3.23. The molecule has 2 aromatic heterocycles. The highest BCUT2D eigenvalue weighted by atomic mass is 16.2. The van der Waals surface area contributed by atoms with Crippen molar-refractivity contribution in [1.82, 2.24) is 20.1 Å². The second-order valence-corrected chi connectivity index (χ2v) is 8.32. The van der Waals surface area contributed by atoms with E-state index in [1.165, 1.54) is 19.3 Å². The second-order valence-electron chi connectivity index (χ2n) is 8.32. The fourth-order valence-corrected chi connectivity index (χ4v) is 4.64. The van der Waals surface area contributed by atoms with Crippen LogP contribution in [-0.4, -0.2) is 64.8 Å². The number of fused-ring (bicyclic) bond motifs is 1. The Morgan fingerprint density at radius 2 is 1.73 bits per heavy atom. The number of anilines is 2. The van der Waals surface area contributed by atoms with Gasteiger partial charge in [-0.3, -0.25) is 4.79 Å². The maximum atomic E-state index is 13.0. The largest absolute Gasteiger partial charge is 0.360 e. The van der Waals surface area contributed by atoms with Gasteiger partial charge in [-0.05, 0) is 44.4 Å². The van der Waals surface area contributed by atoms with Crippen LogP contribution in [0, 0.1) is 0 Å². The van der Waals surface area contributed by atoms with E-state index in [1.807, 2.05) is 35.4 Å². The highest BCUT2D eigenvalue weighted by molar-refractivity contribution is 6.06. The van der Waals surface area contributed by atoms with Crippen LogP contribution in [0.5, 0.6) is 0 Å². The molecule has 0 bridgehead atoms. The summed E-state index contributed by atoms with van der Waals surface area (Å²) in [4.78, 5) is 22.7. The monoisotopic (exact) mass is 404 g/mol. The van der Waals surface area contributed by atoms with Crippen molar-refractivity contribution < 1.29 is 4.79 Å². The zero-order valence-electron chi connectivity index (χ0n) is 17.4. The van der Waals surface area contributed by atoms with Crippen LogP contribution in [0.3, 0.4) is 0 Å². The molecule has 1 aromatic carbocycles. The van der Waals surface area contributed by atoms with Crippen molar-refractivity contribution in [2.75, 3.05) is 42.5 Å². The summed E-state index contributed by atoms with van der Waals surface area (Å²) in [7, 11) is 0. The summed E-state index contributed by atoms with van der Waals surface area (Å²) in [5.41, 5.74) is 1.75. The molecule has 0 aliphatic carbocycles. The fourth-order valence-electron chi connectivity index (χ4n) is 4.64. The first-order chi connectivity index (χ1) is 14.7. The number of hydrogen-bond acceptors (Lipinski definition) is 5. The van der Waals surface area contributed by atoms with Crippen LogP contribution < -0.4 is 9.80 Å². The molecular formula is C23H28N6O. The van der Waals surface area contributed by atoms with Crippen molar-refractivity contribution in [2.24, 2.45) is 0 Å². The lowest BCUT2D eigenvalue weighted by atomic mass is 10.0. The van der Waals surface area contributed by atoms with Gasteiger partial charge in [0.2, 0.25) is 0 Å². The van der Waals surface area contributed by atoms with E-state index in [9.17, 15) is 4.79 Å². The second kappa shape index (κ2) is 7.97. The summed E-state index contributed by atoms with van der Waals surface area (Å²) in [6, 6.07) is 12.6. The van der Waals surface area contributed by atoms with E-state index in [-0.39, 0.29) is 5.91 Å². The van der Waals surface area contributed by atoms with Crippen molar-refractivity contribution >= 4 is 28.4 Å². The molecule has 1 amide bonds. The standard InChI is InChI=1S/C23H28N6O/c1-17-6-4-5-11-29(17)22-10-9-21(25-26-22)27-12-14-28(15-13-27)23(30)19-16-24-20-8-3-2-7-18(19)20/h2-3,7-10,16-17,24H,4-6,11-15H2,1H3/t17-/m0/s1. The average molecular weight is 405 g/mol. The van der Waals surface area contributed by atoms with E-state index in [2.05, 4.69) is 44.0 Å². The zero-order chi connectivity index (χ0) is 20.5. The molecule has 0 radical (unpaired) electrons. The van der Waals surface area contributed by atoms with Gasteiger partial charge in [0.05, 0.1) is 5.56 Å². The molecule has 4 heterocycles. The number of piperidine rings is 1. The molecule has 5 rings (SSSR count). The van der Waals surface area contributed by atoms with Gasteiger partial charge in [-0.1, -0.05) is 18.2 Å². The van der Waals surface area contributed by atoms with E-state index in [0.29, 0.717) is 19.1 Å². The van der Waals surface area contributed by atoms with Crippen LogP contribution in [0.25, 0.3) is 10.9 Å². The third-order valence-corrected chi connectivity index (χ3v) is 6.44. The van der Waals surface area contributed by atoms with E-state index in [0.717, 1.165) is 47.7 Å². The number of aromatic nitrogens is 3. The Bertz CT molecular complexity index is 1020. The van der Waals surface area contributed by atoms with Crippen LogP contribution in [0.4, 0.5) is 11.6 Å². The molecule has 2 saturated heterocycles. The molecule has 0 unspecified atom stereocenters. The Morgan fingerprint density at radius 1 is 0.967 bits per heavy atom. The van der Waals surface area contributed by atoms with Crippen LogP contribution >= 0.6 is 0 Å². The normalized spacial score (nSPS) is 20.0. The van der Waals surface area contributed by atoms with Crippen molar-refractivity contribution in [1.29, 1.82) is 0 Å². The lowest BCUT2D eigenvalue weighted by Gasteiger charge is -2.36. The molecule has 0 saturated carbocycles. The van der Waals surface area contributed by atoms with E-state index >= 15 is 0 Å². The first-order valence-electron chi connectivity index (χ1n) is 10.9. The summed E-state index contributed by atoms with van der Waals surface area (Å²) >= 11 is 0.